The largest absolute Gasteiger partial charge is 0.372 e. The Hall–Kier alpha value is -1.77. The first-order chi connectivity index (χ1) is 12.1. The molecule has 0 saturated carbocycles. The molecule has 8 heteroatoms. The molecule has 1 aromatic carbocycles. The number of rotatable bonds is 3. The number of fused-ring (bicyclic) bond motifs is 1. The minimum absolute atomic E-state index is 0.309. The molecule has 134 valence electrons. The van der Waals surface area contributed by atoms with Gasteiger partial charge in [-0.15, -0.1) is 0 Å². The zero-order chi connectivity index (χ0) is 17.4. The molecule has 2 aromatic rings. The Bertz CT molecular complexity index is 878. The van der Waals surface area contributed by atoms with Gasteiger partial charge in [0.15, 0.2) is 5.82 Å². The van der Waals surface area contributed by atoms with Crippen LogP contribution in [-0.4, -0.2) is 29.4 Å². The van der Waals surface area contributed by atoms with Gasteiger partial charge in [-0.2, -0.15) is 9.29 Å². The van der Waals surface area contributed by atoms with Crippen molar-refractivity contribution < 1.29 is 17.7 Å². The normalized spacial score (nSPS) is 21.9. The highest BCUT2D eigenvalue weighted by Gasteiger charge is 2.36. The molecular formula is C17H21N3O4S. The van der Waals surface area contributed by atoms with Crippen molar-refractivity contribution in [2.45, 2.75) is 56.8 Å². The van der Waals surface area contributed by atoms with Gasteiger partial charge in [-0.25, -0.2) is 8.42 Å². The lowest BCUT2D eigenvalue weighted by Gasteiger charge is -2.27. The summed E-state index contributed by atoms with van der Waals surface area (Å²) < 4.78 is 38.7. The molecule has 0 aliphatic carbocycles. The summed E-state index contributed by atoms with van der Waals surface area (Å²) >= 11 is 0. The van der Waals surface area contributed by atoms with Gasteiger partial charge in [-0.05, 0) is 36.1 Å². The lowest BCUT2D eigenvalue weighted by Crippen LogP contribution is -2.35. The Labute approximate surface area is 147 Å². The molecule has 3 heterocycles. The topological polar surface area (TPSA) is 85.5 Å². The Kier molecular flexibility index (Phi) is 4.35. The average molecular weight is 363 g/mol. The van der Waals surface area contributed by atoms with Gasteiger partial charge >= 0.3 is 0 Å². The highest BCUT2D eigenvalue weighted by Crippen LogP contribution is 2.34. The fraction of sp³-hybridized carbons (Fsp3) is 0.529. The number of aromatic nitrogens is 2. The number of aryl methyl sites for hydroxylation is 1. The van der Waals surface area contributed by atoms with Crippen molar-refractivity contribution in [1.29, 1.82) is 0 Å². The summed E-state index contributed by atoms with van der Waals surface area (Å²) in [6.45, 7) is 3.19. The summed E-state index contributed by atoms with van der Waals surface area (Å²) in [4.78, 5) is 4.60. The first kappa shape index (κ1) is 16.7. The third kappa shape index (κ3) is 3.09. The molecule has 0 spiro atoms. The molecule has 1 fully saturated rings. The van der Waals surface area contributed by atoms with E-state index in [2.05, 4.69) is 10.1 Å². The van der Waals surface area contributed by atoms with E-state index in [0.717, 1.165) is 30.4 Å². The van der Waals surface area contributed by atoms with E-state index in [0.29, 0.717) is 42.8 Å². The van der Waals surface area contributed by atoms with E-state index in [1.165, 1.54) is 0 Å². The molecule has 1 aromatic heterocycles. The van der Waals surface area contributed by atoms with Gasteiger partial charge in [-0.3, -0.25) is 0 Å². The van der Waals surface area contributed by atoms with Gasteiger partial charge < -0.3 is 9.26 Å². The highest BCUT2D eigenvalue weighted by atomic mass is 32.2. The van der Waals surface area contributed by atoms with E-state index in [1.807, 2.05) is 6.07 Å². The van der Waals surface area contributed by atoms with Crippen LogP contribution in [0.25, 0.3) is 0 Å². The number of nitrogens with zero attached hydrogens (tertiary/aromatic N) is 3. The van der Waals surface area contributed by atoms with E-state index in [-0.39, 0.29) is 6.04 Å². The van der Waals surface area contributed by atoms with Crippen molar-refractivity contribution in [2.24, 2.45) is 0 Å². The molecule has 0 N–H and O–H groups in total. The van der Waals surface area contributed by atoms with Gasteiger partial charge in [0.25, 0.3) is 0 Å². The van der Waals surface area contributed by atoms with E-state index < -0.39 is 10.0 Å². The monoisotopic (exact) mass is 363 g/mol. The molecule has 2 aliphatic rings. The SMILES string of the molecule is Cc1nc(C2CCCCCN2S(=O)(=O)c2ccc3c(c2)COC3)no1. The van der Waals surface area contributed by atoms with Gasteiger partial charge in [0.05, 0.1) is 24.2 Å². The van der Waals surface area contributed by atoms with Crippen LogP contribution in [0.1, 0.15) is 54.6 Å². The summed E-state index contributed by atoms with van der Waals surface area (Å²) in [6.07, 6.45) is 3.48. The van der Waals surface area contributed by atoms with Gasteiger partial charge in [0, 0.05) is 13.5 Å². The number of benzene rings is 1. The average Bonchev–Trinajstić information content (AvgIpc) is 3.16. The van der Waals surface area contributed by atoms with Crippen molar-refractivity contribution in [2.75, 3.05) is 6.54 Å². The molecule has 0 amide bonds. The maximum Gasteiger partial charge on any atom is 0.243 e. The highest BCUT2D eigenvalue weighted by molar-refractivity contribution is 7.89. The van der Waals surface area contributed by atoms with E-state index in [4.69, 9.17) is 9.26 Å². The Morgan fingerprint density at radius 2 is 2.00 bits per heavy atom. The zero-order valence-corrected chi connectivity index (χ0v) is 15.0. The lowest BCUT2D eigenvalue weighted by molar-refractivity contribution is 0.134. The van der Waals surface area contributed by atoms with Gasteiger partial charge in [0.1, 0.15) is 0 Å². The third-order valence-corrected chi connectivity index (χ3v) is 6.75. The first-order valence-corrected chi connectivity index (χ1v) is 10.0. The van der Waals surface area contributed by atoms with Crippen LogP contribution in [0.3, 0.4) is 0 Å². The molecular weight excluding hydrogens is 342 g/mol. The minimum atomic E-state index is -3.64. The summed E-state index contributed by atoms with van der Waals surface area (Å²) in [5.74, 6) is 0.902. The lowest BCUT2D eigenvalue weighted by atomic mass is 10.1. The van der Waals surface area contributed by atoms with Crippen LogP contribution in [0, 0.1) is 6.92 Å². The number of hydrogen-bond donors (Lipinski definition) is 0. The maximum atomic E-state index is 13.3. The number of ether oxygens (including phenoxy) is 1. The van der Waals surface area contributed by atoms with Gasteiger partial charge in [0.2, 0.25) is 15.9 Å². The molecule has 1 unspecified atom stereocenters. The summed E-state index contributed by atoms with van der Waals surface area (Å²) in [7, 11) is -3.64. The molecule has 4 rings (SSSR count). The molecule has 7 nitrogen and oxygen atoms in total. The third-order valence-electron chi connectivity index (χ3n) is 4.84. The fourth-order valence-electron chi connectivity index (χ4n) is 3.52. The minimum Gasteiger partial charge on any atom is -0.372 e. The second kappa shape index (κ2) is 6.51. The van der Waals surface area contributed by atoms with Crippen LogP contribution < -0.4 is 0 Å². The maximum absolute atomic E-state index is 13.3. The van der Waals surface area contributed by atoms with Crippen LogP contribution in [0.4, 0.5) is 0 Å². The van der Waals surface area contributed by atoms with Crippen molar-refractivity contribution in [1.82, 2.24) is 14.4 Å². The van der Waals surface area contributed by atoms with Crippen molar-refractivity contribution in [3.05, 3.63) is 41.0 Å². The molecule has 2 aliphatic heterocycles. The van der Waals surface area contributed by atoms with Crippen LogP contribution in [0.15, 0.2) is 27.6 Å². The summed E-state index contributed by atoms with van der Waals surface area (Å²) in [6, 6.07) is 4.88. The van der Waals surface area contributed by atoms with Crippen LogP contribution >= 0.6 is 0 Å². The first-order valence-electron chi connectivity index (χ1n) is 8.57. The second-order valence-electron chi connectivity index (χ2n) is 6.58. The van der Waals surface area contributed by atoms with E-state index in [1.54, 1.807) is 23.4 Å². The molecule has 1 saturated heterocycles. The Balaban J connectivity index is 1.73. The summed E-state index contributed by atoms with van der Waals surface area (Å²) in [5, 5.41) is 3.98. The van der Waals surface area contributed by atoms with Crippen LogP contribution in [0.5, 0.6) is 0 Å². The van der Waals surface area contributed by atoms with Crippen molar-refractivity contribution in [3.8, 4) is 0 Å². The van der Waals surface area contributed by atoms with Crippen LogP contribution in [0.2, 0.25) is 0 Å². The predicted molar refractivity (Wildman–Crippen MR) is 89.1 cm³/mol. The molecule has 1 atom stereocenters. The van der Waals surface area contributed by atoms with E-state index in [9.17, 15) is 8.42 Å². The standard InChI is InChI=1S/C17H21N3O4S/c1-12-18-17(19-24-12)16-5-3-2-4-8-20(16)25(21,22)15-7-6-13-10-23-11-14(13)9-15/h6-7,9,16H,2-5,8,10-11H2,1H3. The second-order valence-corrected chi connectivity index (χ2v) is 8.47. The quantitative estimate of drug-likeness (QED) is 0.833. The Morgan fingerprint density at radius 1 is 1.16 bits per heavy atom. The molecule has 0 bridgehead atoms. The predicted octanol–water partition coefficient (Wildman–Crippen LogP) is 2.71. The fourth-order valence-corrected chi connectivity index (χ4v) is 5.23. The van der Waals surface area contributed by atoms with Gasteiger partial charge in [-0.1, -0.05) is 24.1 Å². The van der Waals surface area contributed by atoms with Crippen molar-refractivity contribution >= 4 is 10.0 Å². The Morgan fingerprint density at radius 3 is 2.80 bits per heavy atom. The number of hydrogen-bond acceptors (Lipinski definition) is 6. The molecule has 0 radical (unpaired) electrons. The van der Waals surface area contributed by atoms with Crippen molar-refractivity contribution in [3.63, 3.8) is 0 Å². The zero-order valence-electron chi connectivity index (χ0n) is 14.1. The van der Waals surface area contributed by atoms with Crippen LogP contribution in [-0.2, 0) is 28.0 Å². The smallest absolute Gasteiger partial charge is 0.243 e. The summed E-state index contributed by atoms with van der Waals surface area (Å²) in [5.41, 5.74) is 2.00. The van der Waals surface area contributed by atoms with E-state index >= 15 is 0 Å². The number of sulfonamides is 1. The molecule has 25 heavy (non-hydrogen) atoms.